The molecule has 0 spiro atoms. The van der Waals surface area contributed by atoms with Gasteiger partial charge in [0.1, 0.15) is 5.56 Å². The summed E-state index contributed by atoms with van der Waals surface area (Å²) in [7, 11) is 0. The lowest BCUT2D eigenvalue weighted by Crippen LogP contribution is -2.09. The minimum absolute atomic E-state index is 0.251. The Balaban J connectivity index is 3.23. The molecule has 0 fully saturated rings. The van der Waals surface area contributed by atoms with Gasteiger partial charge in [0.15, 0.2) is 0 Å². The molecule has 0 aliphatic heterocycles. The highest BCUT2D eigenvalue weighted by atomic mass is 127. The van der Waals surface area contributed by atoms with Gasteiger partial charge in [0.2, 0.25) is 5.95 Å². The molecule has 0 aliphatic carbocycles. The van der Waals surface area contributed by atoms with E-state index in [9.17, 15) is 17.6 Å². The molecule has 0 radical (unpaired) electrons. The van der Waals surface area contributed by atoms with E-state index in [-0.39, 0.29) is 3.57 Å². The van der Waals surface area contributed by atoms with Crippen molar-refractivity contribution in [2.24, 2.45) is 0 Å². The van der Waals surface area contributed by atoms with Crippen LogP contribution >= 0.6 is 22.6 Å². The van der Waals surface area contributed by atoms with Crippen molar-refractivity contribution in [3.8, 4) is 0 Å². The maximum atomic E-state index is 12.4. The van der Waals surface area contributed by atoms with Crippen LogP contribution in [0.1, 0.15) is 5.56 Å². The van der Waals surface area contributed by atoms with E-state index in [1.54, 1.807) is 22.6 Å². The minimum Gasteiger partial charge on any atom is -0.227 e. The van der Waals surface area contributed by atoms with Crippen molar-refractivity contribution in [3.05, 3.63) is 27.3 Å². The highest BCUT2D eigenvalue weighted by Crippen LogP contribution is 2.31. The first-order chi connectivity index (χ1) is 5.41. The van der Waals surface area contributed by atoms with E-state index in [4.69, 9.17) is 0 Å². The summed E-state index contributed by atoms with van der Waals surface area (Å²) in [5.74, 6) is -1.48. The standard InChI is InChI=1S/C6H2F4IN/c7-5-4(6(8,9)10)1-3(11)2-12-5/h1-2H. The van der Waals surface area contributed by atoms with E-state index in [0.29, 0.717) is 6.07 Å². The van der Waals surface area contributed by atoms with Crippen LogP contribution in [-0.2, 0) is 6.18 Å². The topological polar surface area (TPSA) is 12.9 Å². The molecule has 0 atom stereocenters. The highest BCUT2D eigenvalue weighted by molar-refractivity contribution is 14.1. The number of pyridine rings is 1. The van der Waals surface area contributed by atoms with Gasteiger partial charge in [-0.05, 0) is 28.7 Å². The third kappa shape index (κ3) is 2.05. The van der Waals surface area contributed by atoms with Gasteiger partial charge in [-0.15, -0.1) is 0 Å². The second-order valence-corrected chi connectivity index (χ2v) is 3.24. The Morgan fingerprint density at radius 1 is 1.33 bits per heavy atom. The summed E-state index contributed by atoms with van der Waals surface area (Å²) >= 11 is 1.63. The zero-order valence-electron chi connectivity index (χ0n) is 5.49. The van der Waals surface area contributed by atoms with Gasteiger partial charge in [0.05, 0.1) is 0 Å². The molecule has 0 aromatic carbocycles. The van der Waals surface area contributed by atoms with E-state index >= 15 is 0 Å². The SMILES string of the molecule is Fc1ncc(I)cc1C(F)(F)F. The summed E-state index contributed by atoms with van der Waals surface area (Å²) in [6.07, 6.45) is -3.64. The fraction of sp³-hybridized carbons (Fsp3) is 0.167. The average molecular weight is 291 g/mol. The Kier molecular flexibility index (Phi) is 2.55. The molecule has 1 nitrogen and oxygen atoms in total. The van der Waals surface area contributed by atoms with Crippen molar-refractivity contribution in [3.63, 3.8) is 0 Å². The van der Waals surface area contributed by atoms with Crippen molar-refractivity contribution in [1.29, 1.82) is 0 Å². The lowest BCUT2D eigenvalue weighted by atomic mass is 10.3. The number of nitrogens with zero attached hydrogens (tertiary/aromatic N) is 1. The smallest absolute Gasteiger partial charge is 0.227 e. The molecule has 0 amide bonds. The van der Waals surface area contributed by atoms with E-state index in [1.807, 2.05) is 0 Å². The van der Waals surface area contributed by atoms with Crippen molar-refractivity contribution in [1.82, 2.24) is 4.98 Å². The molecule has 12 heavy (non-hydrogen) atoms. The van der Waals surface area contributed by atoms with Crippen LogP contribution in [0, 0.1) is 9.52 Å². The van der Waals surface area contributed by atoms with Crippen molar-refractivity contribution in [2.75, 3.05) is 0 Å². The van der Waals surface area contributed by atoms with Crippen molar-refractivity contribution in [2.45, 2.75) is 6.18 Å². The van der Waals surface area contributed by atoms with E-state index < -0.39 is 17.7 Å². The number of hydrogen-bond donors (Lipinski definition) is 0. The zero-order valence-corrected chi connectivity index (χ0v) is 7.65. The van der Waals surface area contributed by atoms with Crippen LogP contribution in [-0.4, -0.2) is 4.98 Å². The third-order valence-electron chi connectivity index (χ3n) is 1.11. The molecule has 0 unspecified atom stereocenters. The van der Waals surface area contributed by atoms with Crippen LogP contribution in [0.15, 0.2) is 12.3 Å². The molecule has 1 aromatic heterocycles. The van der Waals surface area contributed by atoms with Crippen molar-refractivity contribution >= 4 is 22.6 Å². The Bertz CT molecular complexity index is 296. The van der Waals surface area contributed by atoms with Crippen LogP contribution in [0.2, 0.25) is 0 Å². The van der Waals surface area contributed by atoms with Crippen molar-refractivity contribution < 1.29 is 17.6 Å². The van der Waals surface area contributed by atoms with Gasteiger partial charge >= 0.3 is 6.18 Å². The van der Waals surface area contributed by atoms with Gasteiger partial charge in [-0.25, -0.2) is 4.98 Å². The Morgan fingerprint density at radius 3 is 2.33 bits per heavy atom. The third-order valence-corrected chi connectivity index (χ3v) is 1.70. The largest absolute Gasteiger partial charge is 0.420 e. The van der Waals surface area contributed by atoms with Gasteiger partial charge in [-0.2, -0.15) is 17.6 Å². The Labute approximate surface area is 78.9 Å². The second-order valence-electron chi connectivity index (χ2n) is 1.99. The summed E-state index contributed by atoms with van der Waals surface area (Å²) < 4.78 is 48.5. The monoisotopic (exact) mass is 291 g/mol. The lowest BCUT2D eigenvalue weighted by molar-refractivity contribution is -0.140. The van der Waals surface area contributed by atoms with Crippen LogP contribution in [0.3, 0.4) is 0 Å². The molecular formula is C6H2F4IN. The lowest BCUT2D eigenvalue weighted by Gasteiger charge is -2.06. The molecule has 1 heterocycles. The maximum absolute atomic E-state index is 12.4. The summed E-state index contributed by atoms with van der Waals surface area (Å²) in [5, 5.41) is 0. The Hall–Kier alpha value is -0.400. The molecule has 0 saturated heterocycles. The minimum atomic E-state index is -4.67. The first-order valence-electron chi connectivity index (χ1n) is 2.79. The summed E-state index contributed by atoms with van der Waals surface area (Å²) in [5.41, 5.74) is -1.32. The van der Waals surface area contributed by atoms with Crippen LogP contribution in [0.5, 0.6) is 0 Å². The van der Waals surface area contributed by atoms with Gasteiger partial charge in [0.25, 0.3) is 0 Å². The molecule has 0 aliphatic rings. The summed E-state index contributed by atoms with van der Waals surface area (Å²) in [4.78, 5) is 2.95. The quantitative estimate of drug-likeness (QED) is 0.407. The molecular weight excluding hydrogens is 289 g/mol. The van der Waals surface area contributed by atoms with E-state index in [2.05, 4.69) is 4.98 Å². The number of aromatic nitrogens is 1. The Morgan fingerprint density at radius 2 is 1.92 bits per heavy atom. The number of alkyl halides is 3. The average Bonchev–Trinajstić information content (AvgIpc) is 1.92. The van der Waals surface area contributed by atoms with Gasteiger partial charge in [-0.3, -0.25) is 0 Å². The van der Waals surface area contributed by atoms with Crippen LogP contribution in [0.4, 0.5) is 17.6 Å². The zero-order chi connectivity index (χ0) is 9.35. The molecule has 0 bridgehead atoms. The van der Waals surface area contributed by atoms with E-state index in [0.717, 1.165) is 6.20 Å². The molecule has 1 aromatic rings. The molecule has 0 N–H and O–H groups in total. The number of rotatable bonds is 0. The van der Waals surface area contributed by atoms with Crippen LogP contribution < -0.4 is 0 Å². The summed E-state index contributed by atoms with van der Waals surface area (Å²) in [6.45, 7) is 0. The molecule has 0 saturated carbocycles. The van der Waals surface area contributed by atoms with Gasteiger partial charge < -0.3 is 0 Å². The van der Waals surface area contributed by atoms with E-state index in [1.165, 1.54) is 0 Å². The van der Waals surface area contributed by atoms with Gasteiger partial charge in [0, 0.05) is 9.77 Å². The molecule has 66 valence electrons. The molecule has 6 heteroatoms. The number of halogens is 5. The maximum Gasteiger partial charge on any atom is 0.420 e. The fourth-order valence-electron chi connectivity index (χ4n) is 0.621. The highest BCUT2D eigenvalue weighted by Gasteiger charge is 2.34. The normalized spacial score (nSPS) is 11.8. The predicted octanol–water partition coefficient (Wildman–Crippen LogP) is 2.84. The summed E-state index contributed by atoms with van der Waals surface area (Å²) in [6, 6.07) is 0.711. The van der Waals surface area contributed by atoms with Crippen LogP contribution in [0.25, 0.3) is 0 Å². The first-order valence-corrected chi connectivity index (χ1v) is 3.87. The second kappa shape index (κ2) is 3.15. The van der Waals surface area contributed by atoms with Gasteiger partial charge in [-0.1, -0.05) is 0 Å². The first kappa shape index (κ1) is 9.69. The fourth-order valence-corrected chi connectivity index (χ4v) is 1.07. The number of hydrogen-bond acceptors (Lipinski definition) is 1. The molecule has 1 rings (SSSR count). The predicted molar refractivity (Wildman–Crippen MR) is 41.9 cm³/mol.